The highest BCUT2D eigenvalue weighted by Gasteiger charge is 2.36. The van der Waals surface area contributed by atoms with Gasteiger partial charge < -0.3 is 9.80 Å². The molecule has 1 atom stereocenters. The van der Waals surface area contributed by atoms with Crippen LogP contribution >= 0.6 is 0 Å². The number of carbonyl (C=O) groups excluding carboxylic acids is 1. The number of hydrogen-bond acceptors (Lipinski definition) is 5. The third-order valence-electron chi connectivity index (χ3n) is 5.43. The van der Waals surface area contributed by atoms with E-state index >= 15 is 0 Å². The molecule has 0 radical (unpaired) electrons. The van der Waals surface area contributed by atoms with Crippen molar-refractivity contribution in [3.05, 3.63) is 53.2 Å². The first-order chi connectivity index (χ1) is 14.8. The summed E-state index contributed by atoms with van der Waals surface area (Å²) in [6, 6.07) is 6.46. The topological polar surface area (TPSA) is 73.8 Å². The number of aromatic nitrogens is 1. The van der Waals surface area contributed by atoms with E-state index < -0.39 is 27.8 Å². The number of hydrogen-bond donors (Lipinski definition) is 0. The molecule has 3 rings (SSSR count). The van der Waals surface area contributed by atoms with Gasteiger partial charge in [0.25, 0.3) is 5.91 Å². The number of benzene rings is 1. The number of alkyl halides is 3. The summed E-state index contributed by atoms with van der Waals surface area (Å²) in [7, 11) is -0.286. The quantitative estimate of drug-likeness (QED) is 0.687. The summed E-state index contributed by atoms with van der Waals surface area (Å²) in [5, 5.41) is 0. The van der Waals surface area contributed by atoms with Crippen LogP contribution in [0.3, 0.4) is 0 Å². The first-order valence-corrected chi connectivity index (χ1v) is 11.4. The maximum absolute atomic E-state index is 13.1. The maximum atomic E-state index is 13.1. The molecule has 7 nitrogen and oxygen atoms in total. The Balaban J connectivity index is 1.75. The highest BCUT2D eigenvalue weighted by Crippen LogP contribution is 2.30. The average Bonchev–Trinajstić information content (AvgIpc) is 2.72. The van der Waals surface area contributed by atoms with Crippen LogP contribution < -0.4 is 4.90 Å². The van der Waals surface area contributed by atoms with Gasteiger partial charge in [-0.25, -0.2) is 13.4 Å². The number of carbonyl (C=O) groups is 1. The molecule has 0 bridgehead atoms. The minimum absolute atomic E-state index is 0.0390. The molecule has 0 spiro atoms. The van der Waals surface area contributed by atoms with Crippen molar-refractivity contribution in [1.29, 1.82) is 0 Å². The predicted molar refractivity (Wildman–Crippen MR) is 114 cm³/mol. The minimum atomic E-state index is -4.54. The van der Waals surface area contributed by atoms with Crippen molar-refractivity contribution < 1.29 is 26.4 Å². The molecule has 2 aromatic rings. The number of piperazine rings is 1. The van der Waals surface area contributed by atoms with E-state index in [1.54, 1.807) is 30.9 Å². The Bertz CT molecular complexity index is 1100. The summed E-state index contributed by atoms with van der Waals surface area (Å²) in [5.41, 5.74) is 0.110. The number of aryl methyl sites for hydroxylation is 1. The maximum Gasteiger partial charge on any atom is 0.416 e. The highest BCUT2D eigenvalue weighted by atomic mass is 32.2. The highest BCUT2D eigenvalue weighted by molar-refractivity contribution is 7.89. The van der Waals surface area contributed by atoms with Gasteiger partial charge in [-0.15, -0.1) is 0 Å². The molecule has 174 valence electrons. The van der Waals surface area contributed by atoms with E-state index in [2.05, 4.69) is 4.98 Å². The van der Waals surface area contributed by atoms with Gasteiger partial charge in [0.15, 0.2) is 0 Å². The zero-order valence-electron chi connectivity index (χ0n) is 18.2. The molecule has 0 N–H and O–H groups in total. The molecule has 0 aliphatic carbocycles. The summed E-state index contributed by atoms with van der Waals surface area (Å²) in [5.74, 6) is 0.485. The molecule has 1 unspecified atom stereocenters. The Hall–Kier alpha value is -2.66. The molecular weight excluding hydrogens is 445 g/mol. The van der Waals surface area contributed by atoms with Crippen molar-refractivity contribution in [3.8, 4) is 0 Å². The van der Waals surface area contributed by atoms with Crippen LogP contribution in [0.5, 0.6) is 0 Å². The number of sulfonamides is 1. The molecule has 1 aliphatic rings. The second-order valence-corrected chi connectivity index (χ2v) is 9.87. The van der Waals surface area contributed by atoms with E-state index in [4.69, 9.17) is 0 Å². The first kappa shape index (κ1) is 24.0. The molecule has 1 saturated heterocycles. The molecule has 0 saturated carbocycles. The summed E-state index contributed by atoms with van der Waals surface area (Å²) in [6.07, 6.45) is -4.54. The number of rotatable bonds is 4. The van der Waals surface area contributed by atoms with Gasteiger partial charge in [-0.2, -0.15) is 17.5 Å². The Morgan fingerprint density at radius 2 is 1.72 bits per heavy atom. The third-order valence-corrected chi connectivity index (χ3v) is 7.31. The number of pyridine rings is 1. The second kappa shape index (κ2) is 8.70. The molecule has 1 amide bonds. The fraction of sp³-hybridized carbons (Fsp3) is 0.429. The van der Waals surface area contributed by atoms with Crippen LogP contribution in [0.25, 0.3) is 0 Å². The third kappa shape index (κ3) is 4.73. The summed E-state index contributed by atoms with van der Waals surface area (Å²) >= 11 is 0. The van der Waals surface area contributed by atoms with E-state index in [0.717, 1.165) is 30.1 Å². The fourth-order valence-electron chi connectivity index (χ4n) is 3.59. The van der Waals surface area contributed by atoms with E-state index in [1.807, 2.05) is 19.0 Å². The zero-order chi connectivity index (χ0) is 23.8. The van der Waals surface area contributed by atoms with Gasteiger partial charge in [-0.3, -0.25) is 4.79 Å². The predicted octanol–water partition coefficient (Wildman–Crippen LogP) is 3.01. The lowest BCUT2D eigenvalue weighted by molar-refractivity contribution is -0.137. The van der Waals surface area contributed by atoms with Gasteiger partial charge in [0, 0.05) is 39.8 Å². The molecule has 2 heterocycles. The normalized spacial score (nSPS) is 18.0. The smallest absolute Gasteiger partial charge is 0.363 e. The minimum Gasteiger partial charge on any atom is -0.363 e. The molecule has 1 aliphatic heterocycles. The van der Waals surface area contributed by atoms with Gasteiger partial charge in [0.1, 0.15) is 5.82 Å². The Labute approximate surface area is 185 Å². The van der Waals surface area contributed by atoms with E-state index in [1.165, 1.54) is 4.31 Å². The van der Waals surface area contributed by atoms with E-state index in [-0.39, 0.29) is 30.4 Å². The fourth-order valence-corrected chi connectivity index (χ4v) is 5.10. The van der Waals surface area contributed by atoms with Crippen LogP contribution in [0, 0.1) is 6.92 Å². The van der Waals surface area contributed by atoms with E-state index in [0.29, 0.717) is 11.3 Å². The van der Waals surface area contributed by atoms with Gasteiger partial charge in [-0.05, 0) is 50.2 Å². The number of nitrogens with zero attached hydrogens (tertiary/aromatic N) is 4. The van der Waals surface area contributed by atoms with Crippen molar-refractivity contribution in [2.75, 3.05) is 38.6 Å². The van der Waals surface area contributed by atoms with Crippen molar-refractivity contribution in [1.82, 2.24) is 14.2 Å². The molecule has 1 aromatic carbocycles. The van der Waals surface area contributed by atoms with Crippen molar-refractivity contribution in [2.24, 2.45) is 0 Å². The van der Waals surface area contributed by atoms with Crippen LogP contribution in [0.2, 0.25) is 0 Å². The Morgan fingerprint density at radius 1 is 1.09 bits per heavy atom. The largest absolute Gasteiger partial charge is 0.416 e. The van der Waals surface area contributed by atoms with Gasteiger partial charge in [-0.1, -0.05) is 0 Å². The number of amides is 1. The standard InChI is InChI=1S/C21H25F3N4O3S/c1-14-13-27(32(30,31)17-7-5-16(6-8-17)21(22,23)24)11-12-28(14)20(29)18-9-10-19(26(3)4)25-15(18)2/h5-10,14H,11-13H2,1-4H3. The van der Waals surface area contributed by atoms with Crippen LogP contribution in [-0.4, -0.2) is 68.3 Å². The number of halogens is 3. The van der Waals surface area contributed by atoms with Gasteiger partial charge in [0.2, 0.25) is 10.0 Å². The molecule has 11 heteroatoms. The summed E-state index contributed by atoms with van der Waals surface area (Å²) in [6.45, 7) is 3.73. The second-order valence-electron chi connectivity index (χ2n) is 7.93. The zero-order valence-corrected chi connectivity index (χ0v) is 19.0. The first-order valence-electron chi connectivity index (χ1n) is 9.95. The molecule has 32 heavy (non-hydrogen) atoms. The van der Waals surface area contributed by atoms with Crippen LogP contribution in [0.1, 0.15) is 28.5 Å². The summed E-state index contributed by atoms with van der Waals surface area (Å²) < 4.78 is 65.3. The van der Waals surface area contributed by atoms with Crippen LogP contribution in [-0.2, 0) is 16.2 Å². The lowest BCUT2D eigenvalue weighted by atomic mass is 10.1. The van der Waals surface area contributed by atoms with Crippen molar-refractivity contribution >= 4 is 21.7 Å². The van der Waals surface area contributed by atoms with Gasteiger partial charge >= 0.3 is 6.18 Å². The Morgan fingerprint density at radius 3 is 2.22 bits per heavy atom. The number of anilines is 1. The van der Waals surface area contributed by atoms with Crippen LogP contribution in [0.15, 0.2) is 41.3 Å². The van der Waals surface area contributed by atoms with Crippen LogP contribution in [0.4, 0.5) is 19.0 Å². The monoisotopic (exact) mass is 470 g/mol. The average molecular weight is 471 g/mol. The van der Waals surface area contributed by atoms with Crippen molar-refractivity contribution in [3.63, 3.8) is 0 Å². The van der Waals surface area contributed by atoms with Gasteiger partial charge in [0.05, 0.1) is 21.7 Å². The lowest BCUT2D eigenvalue weighted by Gasteiger charge is -2.39. The molecular formula is C21H25F3N4O3S. The van der Waals surface area contributed by atoms with E-state index in [9.17, 15) is 26.4 Å². The summed E-state index contributed by atoms with van der Waals surface area (Å²) in [4.78, 5) is 20.7. The van der Waals surface area contributed by atoms with Crippen molar-refractivity contribution in [2.45, 2.75) is 31.0 Å². The lowest BCUT2D eigenvalue weighted by Crippen LogP contribution is -2.55. The SMILES string of the molecule is Cc1nc(N(C)C)ccc1C(=O)N1CCN(S(=O)(=O)c2ccc(C(F)(F)F)cc2)CC1C. The Kier molecular flexibility index (Phi) is 6.52. The molecule has 1 aromatic heterocycles. The molecule has 1 fully saturated rings.